The molecule has 3 rings (SSSR count). The second-order valence-corrected chi connectivity index (χ2v) is 7.20. The van der Waals surface area contributed by atoms with Crippen molar-refractivity contribution >= 4 is 5.57 Å². The number of hydrogen-bond donors (Lipinski definition) is 0. The maximum atomic E-state index is 13.9. The van der Waals surface area contributed by atoms with Gasteiger partial charge in [0.1, 0.15) is 0 Å². The molecule has 0 radical (unpaired) electrons. The summed E-state index contributed by atoms with van der Waals surface area (Å²) in [4.78, 5) is 4.10. The van der Waals surface area contributed by atoms with Gasteiger partial charge in [-0.1, -0.05) is 25.8 Å². The third-order valence-electron chi connectivity index (χ3n) is 5.62. The van der Waals surface area contributed by atoms with Crippen LogP contribution in [0.25, 0.3) is 5.57 Å². The van der Waals surface area contributed by atoms with Gasteiger partial charge in [-0.15, -0.1) is 0 Å². The fourth-order valence-corrected chi connectivity index (χ4v) is 4.14. The quantitative estimate of drug-likeness (QED) is 0.671. The highest BCUT2D eigenvalue weighted by atomic mass is 19.1. The number of rotatable bonds is 4. The summed E-state index contributed by atoms with van der Waals surface area (Å²) < 4.78 is 19.2. The normalized spacial score (nSPS) is 28.3. The zero-order chi connectivity index (χ0) is 16.2. The molecule has 1 atom stereocenters. The molecular formula is C20H28FNO. The molecule has 1 heterocycles. The summed E-state index contributed by atoms with van der Waals surface area (Å²) >= 11 is 0. The van der Waals surface area contributed by atoms with Crippen molar-refractivity contribution in [1.29, 1.82) is 0 Å². The van der Waals surface area contributed by atoms with E-state index in [4.69, 9.17) is 4.74 Å². The Morgan fingerprint density at radius 2 is 1.91 bits per heavy atom. The van der Waals surface area contributed by atoms with Crippen LogP contribution in [0, 0.1) is 23.7 Å². The Labute approximate surface area is 139 Å². The van der Waals surface area contributed by atoms with Crippen LogP contribution in [0.15, 0.2) is 18.2 Å². The summed E-state index contributed by atoms with van der Waals surface area (Å²) in [5.74, 6) is 2.39. The molecule has 2 aliphatic carbocycles. The Morgan fingerprint density at radius 1 is 1.13 bits per heavy atom. The molecule has 0 aliphatic heterocycles. The third kappa shape index (κ3) is 3.94. The predicted octanol–water partition coefficient (Wildman–Crippen LogP) is 5.63. The first-order chi connectivity index (χ1) is 11.2. The molecule has 0 aromatic carbocycles. The summed E-state index contributed by atoms with van der Waals surface area (Å²) in [6.07, 6.45) is 11.3. The highest BCUT2D eigenvalue weighted by Crippen LogP contribution is 2.40. The molecule has 1 unspecified atom stereocenters. The van der Waals surface area contributed by atoms with Gasteiger partial charge in [-0.05, 0) is 74.5 Å². The Morgan fingerprint density at radius 3 is 2.52 bits per heavy atom. The number of aromatic nitrogens is 1. The summed E-state index contributed by atoms with van der Waals surface area (Å²) in [5.41, 5.74) is 1.98. The monoisotopic (exact) mass is 317 g/mol. The van der Waals surface area contributed by atoms with Crippen LogP contribution in [0.3, 0.4) is 0 Å². The maximum Gasteiger partial charge on any atom is 0.255 e. The van der Waals surface area contributed by atoms with Crippen molar-refractivity contribution in [3.05, 3.63) is 29.9 Å². The third-order valence-corrected chi connectivity index (χ3v) is 5.62. The van der Waals surface area contributed by atoms with E-state index in [0.717, 1.165) is 36.3 Å². The molecular weight excluding hydrogens is 289 g/mol. The SMILES string of the molecule is CCOc1ccc(C2=CCC(C3CCC(C)CC3)CC2)nc1F. The van der Waals surface area contributed by atoms with Crippen molar-refractivity contribution in [2.45, 2.75) is 58.8 Å². The molecule has 1 aromatic rings. The average molecular weight is 317 g/mol. The Balaban J connectivity index is 1.63. The van der Waals surface area contributed by atoms with Crippen LogP contribution in [0.4, 0.5) is 4.39 Å². The molecule has 2 nitrogen and oxygen atoms in total. The van der Waals surface area contributed by atoms with Crippen molar-refractivity contribution < 1.29 is 9.13 Å². The van der Waals surface area contributed by atoms with Crippen LogP contribution < -0.4 is 4.74 Å². The summed E-state index contributed by atoms with van der Waals surface area (Å²) in [6.45, 7) is 4.69. The van der Waals surface area contributed by atoms with Gasteiger partial charge in [-0.25, -0.2) is 4.98 Å². The summed E-state index contributed by atoms with van der Waals surface area (Å²) in [5, 5.41) is 0. The standard InChI is InChI=1S/C20H28FNO/c1-3-23-19-13-12-18(22-20(19)21)17-10-8-16(9-11-17)15-6-4-14(2)5-7-15/h10,12-16H,3-9,11H2,1-2H3. The van der Waals surface area contributed by atoms with E-state index in [1.165, 1.54) is 37.7 Å². The number of ether oxygens (including phenoxy) is 1. The van der Waals surface area contributed by atoms with E-state index in [-0.39, 0.29) is 5.75 Å². The lowest BCUT2D eigenvalue weighted by Crippen LogP contribution is -2.22. The molecule has 1 aromatic heterocycles. The molecule has 0 amide bonds. The minimum absolute atomic E-state index is 0.252. The topological polar surface area (TPSA) is 22.1 Å². The molecule has 1 saturated carbocycles. The Bertz CT molecular complexity index is 561. The van der Waals surface area contributed by atoms with Crippen molar-refractivity contribution in [3.63, 3.8) is 0 Å². The molecule has 0 spiro atoms. The van der Waals surface area contributed by atoms with Crippen molar-refractivity contribution in [1.82, 2.24) is 4.98 Å². The number of allylic oxidation sites excluding steroid dienone is 2. The number of nitrogens with zero attached hydrogens (tertiary/aromatic N) is 1. The first-order valence-corrected chi connectivity index (χ1v) is 9.16. The van der Waals surface area contributed by atoms with Gasteiger partial charge < -0.3 is 4.74 Å². The lowest BCUT2D eigenvalue weighted by atomic mass is 9.71. The molecule has 0 saturated heterocycles. The molecule has 0 N–H and O–H groups in total. The highest BCUT2D eigenvalue weighted by Gasteiger charge is 2.27. The van der Waals surface area contributed by atoms with Gasteiger partial charge >= 0.3 is 0 Å². The van der Waals surface area contributed by atoms with Gasteiger partial charge in [0.2, 0.25) is 0 Å². The molecule has 3 heteroatoms. The number of halogens is 1. The maximum absolute atomic E-state index is 13.9. The van der Waals surface area contributed by atoms with Crippen molar-refractivity contribution in [3.8, 4) is 5.75 Å². The molecule has 126 valence electrons. The van der Waals surface area contributed by atoms with E-state index in [2.05, 4.69) is 18.0 Å². The summed E-state index contributed by atoms with van der Waals surface area (Å²) in [7, 11) is 0. The van der Waals surface area contributed by atoms with Gasteiger partial charge in [-0.2, -0.15) is 4.39 Å². The van der Waals surface area contributed by atoms with Gasteiger partial charge in [-0.3, -0.25) is 0 Å². The zero-order valence-electron chi connectivity index (χ0n) is 14.4. The largest absolute Gasteiger partial charge is 0.489 e. The van der Waals surface area contributed by atoms with Gasteiger partial charge in [0, 0.05) is 0 Å². The lowest BCUT2D eigenvalue weighted by molar-refractivity contribution is 0.202. The average Bonchev–Trinajstić information content (AvgIpc) is 2.58. The Kier molecular flexibility index (Phi) is 5.34. The molecule has 23 heavy (non-hydrogen) atoms. The fourth-order valence-electron chi connectivity index (χ4n) is 4.14. The fraction of sp³-hybridized carbons (Fsp3) is 0.650. The van der Waals surface area contributed by atoms with Crippen LogP contribution in [-0.4, -0.2) is 11.6 Å². The van der Waals surface area contributed by atoms with E-state index in [9.17, 15) is 4.39 Å². The molecule has 0 bridgehead atoms. The van der Waals surface area contributed by atoms with E-state index in [1.807, 2.05) is 13.0 Å². The molecule has 2 aliphatic rings. The number of pyridine rings is 1. The zero-order valence-corrected chi connectivity index (χ0v) is 14.4. The van der Waals surface area contributed by atoms with Crippen LogP contribution in [0.2, 0.25) is 0 Å². The van der Waals surface area contributed by atoms with Gasteiger partial charge in [0.15, 0.2) is 5.75 Å². The minimum atomic E-state index is -0.492. The molecule has 1 fully saturated rings. The van der Waals surface area contributed by atoms with Gasteiger partial charge in [0.05, 0.1) is 12.3 Å². The van der Waals surface area contributed by atoms with E-state index < -0.39 is 5.95 Å². The Hall–Kier alpha value is -1.38. The predicted molar refractivity (Wildman–Crippen MR) is 91.8 cm³/mol. The van der Waals surface area contributed by atoms with Crippen LogP contribution in [0.5, 0.6) is 5.75 Å². The van der Waals surface area contributed by atoms with Crippen LogP contribution >= 0.6 is 0 Å². The van der Waals surface area contributed by atoms with Crippen molar-refractivity contribution in [2.75, 3.05) is 6.61 Å². The highest BCUT2D eigenvalue weighted by molar-refractivity contribution is 5.63. The second-order valence-electron chi connectivity index (χ2n) is 7.20. The lowest BCUT2D eigenvalue weighted by Gasteiger charge is -2.34. The number of hydrogen-bond acceptors (Lipinski definition) is 2. The van der Waals surface area contributed by atoms with E-state index >= 15 is 0 Å². The van der Waals surface area contributed by atoms with Crippen LogP contribution in [0.1, 0.15) is 64.5 Å². The van der Waals surface area contributed by atoms with E-state index in [1.54, 1.807) is 6.07 Å². The summed E-state index contributed by atoms with van der Waals surface area (Å²) in [6, 6.07) is 3.60. The second kappa shape index (κ2) is 7.46. The van der Waals surface area contributed by atoms with Crippen molar-refractivity contribution in [2.24, 2.45) is 17.8 Å². The van der Waals surface area contributed by atoms with Crippen LogP contribution in [-0.2, 0) is 0 Å². The van der Waals surface area contributed by atoms with E-state index in [0.29, 0.717) is 6.61 Å². The van der Waals surface area contributed by atoms with Gasteiger partial charge in [0.25, 0.3) is 5.95 Å². The first-order valence-electron chi connectivity index (χ1n) is 9.16. The first kappa shape index (κ1) is 16.5. The minimum Gasteiger partial charge on any atom is -0.489 e. The smallest absolute Gasteiger partial charge is 0.255 e.